The molecule has 1 aliphatic heterocycles. The van der Waals surface area contributed by atoms with Gasteiger partial charge in [-0.2, -0.15) is 0 Å². The lowest BCUT2D eigenvalue weighted by Gasteiger charge is -2.34. The van der Waals surface area contributed by atoms with E-state index in [0.29, 0.717) is 24.7 Å². The van der Waals surface area contributed by atoms with Crippen molar-refractivity contribution < 1.29 is 14.6 Å². The second kappa shape index (κ2) is 5.75. The number of esters is 1. The zero-order chi connectivity index (χ0) is 15.0. The van der Waals surface area contributed by atoms with Crippen molar-refractivity contribution in [2.45, 2.75) is 12.5 Å². The Balaban J connectivity index is 1.90. The van der Waals surface area contributed by atoms with E-state index < -0.39 is 6.10 Å². The lowest BCUT2D eigenvalue weighted by molar-refractivity contribution is -0.146. The minimum Gasteiger partial charge on any atom is -0.469 e. The summed E-state index contributed by atoms with van der Waals surface area (Å²) in [5.74, 6) is -0.654. The molecule has 2 aromatic heterocycles. The molecule has 8 heteroatoms. The van der Waals surface area contributed by atoms with Gasteiger partial charge in [-0.1, -0.05) is 22.9 Å². The van der Waals surface area contributed by atoms with Crippen LogP contribution in [-0.2, 0) is 9.53 Å². The predicted molar refractivity (Wildman–Crippen MR) is 80.8 cm³/mol. The third-order valence-corrected chi connectivity index (χ3v) is 5.02. The van der Waals surface area contributed by atoms with Crippen LogP contribution in [0, 0.1) is 5.92 Å². The molecule has 3 rings (SSSR count). The predicted octanol–water partition coefficient (Wildman–Crippen LogP) is 1.70. The highest BCUT2D eigenvalue weighted by atomic mass is 35.5. The van der Waals surface area contributed by atoms with Gasteiger partial charge in [-0.05, 0) is 12.5 Å². The van der Waals surface area contributed by atoms with Crippen LogP contribution in [0.1, 0.15) is 6.42 Å². The van der Waals surface area contributed by atoms with Crippen molar-refractivity contribution in [3.63, 3.8) is 0 Å². The number of methoxy groups -OCH3 is 1. The summed E-state index contributed by atoms with van der Waals surface area (Å²) < 4.78 is 5.58. The molecule has 1 saturated heterocycles. The molecule has 2 atom stereocenters. The lowest BCUT2D eigenvalue weighted by atomic mass is 9.96. The maximum atomic E-state index is 11.7. The summed E-state index contributed by atoms with van der Waals surface area (Å²) in [6.45, 7) is 0.924. The summed E-state index contributed by atoms with van der Waals surface area (Å²) in [5, 5.41) is 11.1. The molecule has 21 heavy (non-hydrogen) atoms. The van der Waals surface area contributed by atoms with Crippen molar-refractivity contribution in [3.8, 4) is 0 Å². The number of rotatable bonds is 2. The number of anilines is 1. The van der Waals surface area contributed by atoms with E-state index in [0.717, 1.165) is 15.3 Å². The average molecular weight is 328 g/mol. The number of carbonyl (C=O) groups is 1. The van der Waals surface area contributed by atoms with Gasteiger partial charge < -0.3 is 14.7 Å². The number of thiazole rings is 1. The monoisotopic (exact) mass is 327 g/mol. The molecule has 1 N–H and O–H groups in total. The van der Waals surface area contributed by atoms with Crippen molar-refractivity contribution in [2.24, 2.45) is 5.92 Å². The molecule has 2 unspecified atom stereocenters. The molecule has 0 saturated carbocycles. The van der Waals surface area contributed by atoms with Crippen LogP contribution in [0.2, 0.25) is 5.15 Å². The van der Waals surface area contributed by atoms with Crippen LogP contribution in [0.4, 0.5) is 5.13 Å². The molecule has 112 valence electrons. The normalized spacial score (nSPS) is 22.5. The molecule has 1 fully saturated rings. The fourth-order valence-electron chi connectivity index (χ4n) is 2.51. The van der Waals surface area contributed by atoms with E-state index in [9.17, 15) is 9.90 Å². The Morgan fingerprint density at radius 3 is 3.10 bits per heavy atom. The topological polar surface area (TPSA) is 75.6 Å². The molecule has 0 aliphatic carbocycles. The summed E-state index contributed by atoms with van der Waals surface area (Å²) in [6.07, 6.45) is 1.44. The summed E-state index contributed by atoms with van der Waals surface area (Å²) in [7, 11) is 1.36. The molecule has 0 aromatic carbocycles. The summed E-state index contributed by atoms with van der Waals surface area (Å²) in [5.41, 5.74) is 0.768. The average Bonchev–Trinajstić information content (AvgIpc) is 2.91. The Labute approximate surface area is 130 Å². The molecule has 0 bridgehead atoms. The number of piperidine rings is 1. The van der Waals surface area contributed by atoms with Gasteiger partial charge in [0.1, 0.15) is 5.15 Å². The van der Waals surface area contributed by atoms with Crippen molar-refractivity contribution in [3.05, 3.63) is 17.4 Å². The van der Waals surface area contributed by atoms with E-state index in [1.54, 1.807) is 12.3 Å². The standard InChI is InChI=1S/C13H14ClN3O3S/c1-20-12(19)7-4-8(18)6-17(5-7)13-16-9-2-3-15-11(14)10(9)21-13/h2-3,7-8,18H,4-6H2,1H3. The largest absolute Gasteiger partial charge is 0.469 e. The second-order valence-corrected chi connectivity index (χ2v) is 6.30. The van der Waals surface area contributed by atoms with E-state index in [1.807, 2.05) is 4.90 Å². The number of β-amino-alcohol motifs (C(OH)–C–C–N with tert-alkyl or cyclic N) is 1. The second-order valence-electron chi connectivity index (χ2n) is 4.96. The van der Waals surface area contributed by atoms with Crippen LogP contribution in [-0.4, -0.2) is 47.3 Å². The highest BCUT2D eigenvalue weighted by Gasteiger charge is 2.32. The Morgan fingerprint density at radius 1 is 1.57 bits per heavy atom. The molecular weight excluding hydrogens is 314 g/mol. The lowest BCUT2D eigenvalue weighted by Crippen LogP contribution is -2.46. The molecule has 1 aliphatic rings. The number of aromatic nitrogens is 2. The first-order valence-corrected chi connectivity index (χ1v) is 7.70. The Morgan fingerprint density at radius 2 is 2.38 bits per heavy atom. The van der Waals surface area contributed by atoms with Crippen LogP contribution >= 0.6 is 22.9 Å². The van der Waals surface area contributed by atoms with Gasteiger partial charge in [0, 0.05) is 19.3 Å². The number of carbonyl (C=O) groups excluding carboxylic acids is 1. The Kier molecular flexibility index (Phi) is 3.97. The van der Waals surface area contributed by atoms with E-state index in [-0.39, 0.29) is 11.9 Å². The molecule has 3 heterocycles. The van der Waals surface area contributed by atoms with Gasteiger partial charge in [0.25, 0.3) is 0 Å². The number of hydrogen-bond acceptors (Lipinski definition) is 7. The number of pyridine rings is 1. The van der Waals surface area contributed by atoms with Gasteiger partial charge in [-0.15, -0.1) is 0 Å². The van der Waals surface area contributed by atoms with Crippen molar-refractivity contribution in [1.82, 2.24) is 9.97 Å². The number of hydrogen-bond donors (Lipinski definition) is 1. The third kappa shape index (κ3) is 2.81. The number of fused-ring (bicyclic) bond motifs is 1. The fourth-order valence-corrected chi connectivity index (χ4v) is 3.74. The highest BCUT2D eigenvalue weighted by Crippen LogP contribution is 2.34. The van der Waals surface area contributed by atoms with Crippen LogP contribution in [0.3, 0.4) is 0 Å². The zero-order valence-corrected chi connectivity index (χ0v) is 12.9. The maximum absolute atomic E-state index is 11.7. The Hall–Kier alpha value is -1.44. The molecule has 0 radical (unpaired) electrons. The Bertz CT molecular complexity index is 678. The smallest absolute Gasteiger partial charge is 0.310 e. The fraction of sp³-hybridized carbons (Fsp3) is 0.462. The van der Waals surface area contributed by atoms with Gasteiger partial charge in [0.2, 0.25) is 0 Å². The van der Waals surface area contributed by atoms with Crippen molar-refractivity contribution in [2.75, 3.05) is 25.1 Å². The molecular formula is C13H14ClN3O3S. The first kappa shape index (κ1) is 14.5. The molecule has 2 aromatic rings. The number of halogens is 1. The van der Waals surface area contributed by atoms with Crippen molar-refractivity contribution in [1.29, 1.82) is 0 Å². The van der Waals surface area contributed by atoms with Gasteiger partial charge in [-0.25, -0.2) is 9.97 Å². The van der Waals surface area contributed by atoms with Gasteiger partial charge >= 0.3 is 5.97 Å². The van der Waals surface area contributed by atoms with Crippen LogP contribution < -0.4 is 4.90 Å². The van der Waals surface area contributed by atoms with Crippen LogP contribution in [0.15, 0.2) is 12.3 Å². The van der Waals surface area contributed by atoms with Gasteiger partial charge in [-0.3, -0.25) is 4.79 Å². The van der Waals surface area contributed by atoms with E-state index >= 15 is 0 Å². The summed E-state index contributed by atoms with van der Waals surface area (Å²) in [4.78, 5) is 22.1. The number of nitrogens with zero attached hydrogens (tertiary/aromatic N) is 3. The summed E-state index contributed by atoms with van der Waals surface area (Å²) >= 11 is 7.47. The minimum atomic E-state index is -0.580. The van der Waals surface area contributed by atoms with E-state index in [2.05, 4.69) is 9.97 Å². The zero-order valence-electron chi connectivity index (χ0n) is 11.3. The first-order chi connectivity index (χ1) is 10.1. The van der Waals surface area contributed by atoms with Crippen LogP contribution in [0.25, 0.3) is 10.2 Å². The van der Waals surface area contributed by atoms with Crippen LogP contribution in [0.5, 0.6) is 0 Å². The number of aliphatic hydroxyl groups is 1. The quantitative estimate of drug-likeness (QED) is 0.668. The molecule has 0 amide bonds. The minimum absolute atomic E-state index is 0.306. The van der Waals surface area contributed by atoms with Crippen molar-refractivity contribution >= 4 is 44.3 Å². The first-order valence-electron chi connectivity index (χ1n) is 6.50. The van der Waals surface area contributed by atoms with E-state index in [4.69, 9.17) is 16.3 Å². The summed E-state index contributed by atoms with van der Waals surface area (Å²) in [6, 6.07) is 1.79. The molecule has 6 nitrogen and oxygen atoms in total. The SMILES string of the molecule is COC(=O)C1CC(O)CN(c2nc3ccnc(Cl)c3s2)C1. The van der Waals surface area contributed by atoms with Gasteiger partial charge in [0.15, 0.2) is 5.13 Å². The number of ether oxygens (including phenoxy) is 1. The number of aliphatic hydroxyl groups excluding tert-OH is 1. The highest BCUT2D eigenvalue weighted by molar-refractivity contribution is 7.22. The third-order valence-electron chi connectivity index (χ3n) is 3.48. The maximum Gasteiger partial charge on any atom is 0.310 e. The van der Waals surface area contributed by atoms with E-state index in [1.165, 1.54) is 18.4 Å². The molecule has 0 spiro atoms. The van der Waals surface area contributed by atoms with Gasteiger partial charge in [0.05, 0.1) is 29.3 Å².